The van der Waals surface area contributed by atoms with E-state index in [0.717, 1.165) is 5.01 Å². The quantitative estimate of drug-likeness (QED) is 0.402. The number of amides is 1. The van der Waals surface area contributed by atoms with Gasteiger partial charge in [0.1, 0.15) is 5.69 Å². The summed E-state index contributed by atoms with van der Waals surface area (Å²) in [6.45, 7) is 3.74. The Morgan fingerprint density at radius 1 is 1.24 bits per heavy atom. The number of carboxylic acids is 1. The van der Waals surface area contributed by atoms with E-state index < -0.39 is 16.8 Å². The van der Waals surface area contributed by atoms with Gasteiger partial charge in [-0.05, 0) is 42.8 Å². The minimum Gasteiger partial charge on any atom is -0.478 e. The monoisotopic (exact) mass is 470 g/mol. The molecule has 1 saturated heterocycles. The van der Waals surface area contributed by atoms with E-state index in [1.807, 2.05) is 4.90 Å². The lowest BCUT2D eigenvalue weighted by atomic mass is 10.1. The van der Waals surface area contributed by atoms with Crippen molar-refractivity contribution in [2.75, 3.05) is 36.2 Å². The molecule has 2 heterocycles. The van der Waals surface area contributed by atoms with Gasteiger partial charge in [0, 0.05) is 19.2 Å². The van der Waals surface area contributed by atoms with Gasteiger partial charge in [-0.15, -0.1) is 0 Å². The fourth-order valence-electron chi connectivity index (χ4n) is 3.68. The van der Waals surface area contributed by atoms with Crippen LogP contribution in [0, 0.1) is 10.1 Å². The normalized spacial score (nSPS) is 17.5. The van der Waals surface area contributed by atoms with Crippen molar-refractivity contribution in [2.24, 2.45) is 5.10 Å². The van der Waals surface area contributed by atoms with Crippen molar-refractivity contribution in [3.63, 3.8) is 0 Å². The predicted molar refractivity (Wildman–Crippen MR) is 123 cm³/mol. The van der Waals surface area contributed by atoms with Crippen LogP contribution in [0.15, 0.2) is 47.1 Å². The van der Waals surface area contributed by atoms with Crippen LogP contribution in [0.5, 0.6) is 0 Å². The van der Waals surface area contributed by atoms with Crippen LogP contribution in [0.25, 0.3) is 6.08 Å². The highest BCUT2D eigenvalue weighted by molar-refractivity contribution is 6.34. The van der Waals surface area contributed by atoms with Gasteiger partial charge < -0.3 is 14.7 Å². The standard InChI is InChI=1S/C22H19ClN4O6/c1-13-16(21(28)26(24-13)15-3-4-18(23)17(12-15)22(29)30)10-14-2-5-19(20(11-14)27(31)32)25-6-8-33-9-7-25/h2-5,10-12H,6-9H2,1H3,(H,29,30)/b16-10-. The van der Waals surface area contributed by atoms with E-state index in [9.17, 15) is 24.8 Å². The number of carbonyl (C=O) groups excluding carboxylic acids is 1. The maximum atomic E-state index is 13.0. The molecule has 170 valence electrons. The lowest BCUT2D eigenvalue weighted by Gasteiger charge is -2.28. The number of anilines is 2. The second kappa shape index (κ2) is 9.00. The highest BCUT2D eigenvalue weighted by Crippen LogP contribution is 2.32. The number of hydrogen-bond donors (Lipinski definition) is 1. The molecular weight excluding hydrogens is 452 g/mol. The molecular formula is C22H19ClN4O6. The summed E-state index contributed by atoms with van der Waals surface area (Å²) in [6.07, 6.45) is 1.53. The molecule has 0 aliphatic carbocycles. The van der Waals surface area contributed by atoms with E-state index >= 15 is 0 Å². The summed E-state index contributed by atoms with van der Waals surface area (Å²) in [5.41, 5.74) is 1.65. The van der Waals surface area contributed by atoms with Crippen LogP contribution in [0.2, 0.25) is 5.02 Å². The van der Waals surface area contributed by atoms with Crippen molar-refractivity contribution < 1.29 is 24.4 Å². The Bertz CT molecular complexity index is 1220. The molecule has 0 unspecified atom stereocenters. The molecule has 0 spiro atoms. The maximum Gasteiger partial charge on any atom is 0.337 e. The van der Waals surface area contributed by atoms with Crippen molar-refractivity contribution in [3.05, 3.63) is 68.2 Å². The van der Waals surface area contributed by atoms with E-state index in [2.05, 4.69) is 5.10 Å². The fourth-order valence-corrected chi connectivity index (χ4v) is 3.88. The van der Waals surface area contributed by atoms with Crippen LogP contribution in [-0.4, -0.2) is 53.9 Å². The minimum atomic E-state index is -1.22. The number of carbonyl (C=O) groups is 2. The van der Waals surface area contributed by atoms with E-state index in [-0.39, 0.29) is 27.5 Å². The van der Waals surface area contributed by atoms with Gasteiger partial charge in [0.2, 0.25) is 0 Å². The Labute approximate surface area is 193 Å². The molecule has 2 aliphatic rings. The number of rotatable bonds is 5. The molecule has 1 amide bonds. The highest BCUT2D eigenvalue weighted by atomic mass is 35.5. The maximum absolute atomic E-state index is 13.0. The zero-order valence-corrected chi connectivity index (χ0v) is 18.3. The van der Waals surface area contributed by atoms with Gasteiger partial charge >= 0.3 is 5.97 Å². The number of nitro benzene ring substituents is 1. The van der Waals surface area contributed by atoms with Gasteiger partial charge in [0.25, 0.3) is 11.6 Å². The largest absolute Gasteiger partial charge is 0.478 e. The zero-order chi connectivity index (χ0) is 23.7. The molecule has 0 bridgehead atoms. The average Bonchev–Trinajstić information content (AvgIpc) is 3.08. The second-order valence-electron chi connectivity index (χ2n) is 7.43. The van der Waals surface area contributed by atoms with E-state index in [0.29, 0.717) is 43.3 Å². The summed E-state index contributed by atoms with van der Waals surface area (Å²) >= 11 is 5.91. The molecule has 0 radical (unpaired) electrons. The molecule has 0 aromatic heterocycles. The predicted octanol–water partition coefficient (Wildman–Crippen LogP) is 3.59. The molecule has 1 fully saturated rings. The van der Waals surface area contributed by atoms with Gasteiger partial charge in [-0.3, -0.25) is 14.9 Å². The highest BCUT2D eigenvalue weighted by Gasteiger charge is 2.30. The third kappa shape index (κ3) is 4.43. The smallest absolute Gasteiger partial charge is 0.337 e. The lowest BCUT2D eigenvalue weighted by molar-refractivity contribution is -0.384. The van der Waals surface area contributed by atoms with E-state index in [1.165, 1.54) is 30.3 Å². The van der Waals surface area contributed by atoms with Crippen molar-refractivity contribution >= 4 is 52.3 Å². The van der Waals surface area contributed by atoms with Gasteiger partial charge in [-0.25, -0.2) is 4.79 Å². The molecule has 2 aliphatic heterocycles. The minimum absolute atomic E-state index is 0.0435. The van der Waals surface area contributed by atoms with E-state index in [4.69, 9.17) is 16.3 Å². The number of hydrazone groups is 1. The topological polar surface area (TPSA) is 126 Å². The lowest BCUT2D eigenvalue weighted by Crippen LogP contribution is -2.36. The number of nitrogens with zero attached hydrogens (tertiary/aromatic N) is 4. The molecule has 0 atom stereocenters. The van der Waals surface area contributed by atoms with Crippen LogP contribution in [0.4, 0.5) is 17.1 Å². The van der Waals surface area contributed by atoms with Gasteiger partial charge in [-0.1, -0.05) is 17.7 Å². The number of nitro groups is 1. The zero-order valence-electron chi connectivity index (χ0n) is 17.5. The summed E-state index contributed by atoms with van der Waals surface area (Å²) in [6, 6.07) is 8.94. The number of benzene rings is 2. The number of halogens is 1. The Morgan fingerprint density at radius 2 is 1.97 bits per heavy atom. The summed E-state index contributed by atoms with van der Waals surface area (Å²) in [7, 11) is 0. The summed E-state index contributed by atoms with van der Waals surface area (Å²) in [5.74, 6) is -1.70. The Hall–Kier alpha value is -3.76. The number of ether oxygens (including phenoxy) is 1. The Kier molecular flexibility index (Phi) is 6.12. The number of hydrogen-bond acceptors (Lipinski definition) is 7. The molecule has 1 N–H and O–H groups in total. The molecule has 4 rings (SSSR count). The van der Waals surface area contributed by atoms with Crippen molar-refractivity contribution in [1.82, 2.24) is 0 Å². The first-order valence-corrected chi connectivity index (χ1v) is 10.4. The van der Waals surface area contributed by atoms with Crippen molar-refractivity contribution in [1.29, 1.82) is 0 Å². The third-order valence-electron chi connectivity index (χ3n) is 5.35. The first kappa shape index (κ1) is 22.4. The Morgan fingerprint density at radius 3 is 2.64 bits per heavy atom. The molecule has 11 heteroatoms. The SMILES string of the molecule is CC1=NN(c2ccc(Cl)c(C(=O)O)c2)C(=O)/C1=C\c1ccc(N2CCOCC2)c([N+](=O)[O-])c1. The third-order valence-corrected chi connectivity index (χ3v) is 5.68. The van der Waals surface area contributed by atoms with Crippen LogP contribution >= 0.6 is 11.6 Å². The van der Waals surface area contributed by atoms with Crippen molar-refractivity contribution in [2.45, 2.75) is 6.92 Å². The molecule has 33 heavy (non-hydrogen) atoms. The van der Waals surface area contributed by atoms with Crippen molar-refractivity contribution in [3.8, 4) is 0 Å². The Balaban J connectivity index is 1.66. The molecule has 2 aromatic carbocycles. The second-order valence-corrected chi connectivity index (χ2v) is 7.84. The van der Waals surface area contributed by atoms with Crippen LogP contribution in [0.3, 0.4) is 0 Å². The first-order chi connectivity index (χ1) is 15.8. The molecule has 10 nitrogen and oxygen atoms in total. The number of morpholine rings is 1. The summed E-state index contributed by atoms with van der Waals surface area (Å²) in [5, 5.41) is 26.4. The van der Waals surface area contributed by atoms with Crippen LogP contribution in [-0.2, 0) is 9.53 Å². The summed E-state index contributed by atoms with van der Waals surface area (Å²) < 4.78 is 5.31. The fraction of sp³-hybridized carbons (Fsp3) is 0.227. The van der Waals surface area contributed by atoms with Gasteiger partial charge in [0.05, 0.1) is 45.7 Å². The van der Waals surface area contributed by atoms with Crippen LogP contribution < -0.4 is 9.91 Å². The average molecular weight is 471 g/mol. The molecule has 0 saturated carbocycles. The van der Waals surface area contributed by atoms with E-state index in [1.54, 1.807) is 19.1 Å². The number of carboxylic acid groups (broad SMARTS) is 1. The molecule has 2 aromatic rings. The van der Waals surface area contributed by atoms with Gasteiger partial charge in [0.15, 0.2) is 0 Å². The van der Waals surface area contributed by atoms with Gasteiger partial charge in [-0.2, -0.15) is 10.1 Å². The van der Waals surface area contributed by atoms with Crippen LogP contribution in [0.1, 0.15) is 22.8 Å². The number of aromatic carboxylic acids is 1. The summed E-state index contributed by atoms with van der Waals surface area (Å²) in [4.78, 5) is 37.5. The first-order valence-electron chi connectivity index (χ1n) is 10.0.